The summed E-state index contributed by atoms with van der Waals surface area (Å²) >= 11 is 14.2. The lowest BCUT2D eigenvalue weighted by Gasteiger charge is -2.26. The van der Waals surface area contributed by atoms with Gasteiger partial charge in [0, 0.05) is 11.1 Å². The molecule has 228 valence electrons. The van der Waals surface area contributed by atoms with Gasteiger partial charge < -0.3 is 14.2 Å². The molecule has 1 aliphatic heterocycles. The van der Waals surface area contributed by atoms with Gasteiger partial charge in [-0.2, -0.15) is 0 Å². The summed E-state index contributed by atoms with van der Waals surface area (Å²) in [5.74, 6) is -0.212. The first-order chi connectivity index (χ1) is 21.1. The Morgan fingerprint density at radius 2 is 1.80 bits per heavy atom. The van der Waals surface area contributed by atoms with Crippen LogP contribution >= 0.6 is 34.5 Å². The number of fused-ring (bicyclic) bond motifs is 1. The number of para-hydroxylation sites is 1. The highest BCUT2D eigenvalue weighted by Gasteiger charge is 2.35. The van der Waals surface area contributed by atoms with Gasteiger partial charge in [0.25, 0.3) is 5.56 Å². The summed E-state index contributed by atoms with van der Waals surface area (Å²) < 4.78 is 33.1. The number of hydrogen-bond donors (Lipinski definition) is 0. The molecule has 2 heterocycles. The molecule has 0 amide bonds. The number of esters is 1. The van der Waals surface area contributed by atoms with E-state index in [2.05, 4.69) is 4.99 Å². The Labute approximate surface area is 267 Å². The first kappa shape index (κ1) is 31.5. The highest BCUT2D eigenvalue weighted by Crippen LogP contribution is 2.37. The van der Waals surface area contributed by atoms with Gasteiger partial charge in [0.05, 0.1) is 38.6 Å². The van der Waals surface area contributed by atoms with Gasteiger partial charge in [-0.3, -0.25) is 9.36 Å². The minimum absolute atomic E-state index is 0.0613. The van der Waals surface area contributed by atoms with Crippen molar-refractivity contribution in [3.8, 4) is 11.5 Å². The van der Waals surface area contributed by atoms with Crippen LogP contribution in [0.3, 0.4) is 0 Å². The SMILES string of the molecule is CCOC(=O)C1=C(C)N=c2s/c(=C/c3cc(Cl)c(OCc4ccccc4F)c(Cl)c3)c(=O)n2[C@H]1c1ccccc1OC(C)C. The summed E-state index contributed by atoms with van der Waals surface area (Å²) in [6.07, 6.45) is 1.51. The molecule has 0 bridgehead atoms. The van der Waals surface area contributed by atoms with Gasteiger partial charge in [-0.1, -0.05) is 70.9 Å². The Kier molecular flexibility index (Phi) is 9.58. The van der Waals surface area contributed by atoms with Gasteiger partial charge in [0.2, 0.25) is 0 Å². The average Bonchev–Trinajstić information content (AvgIpc) is 3.26. The highest BCUT2D eigenvalue weighted by atomic mass is 35.5. The Morgan fingerprint density at radius 1 is 1.11 bits per heavy atom. The lowest BCUT2D eigenvalue weighted by molar-refractivity contribution is -0.139. The summed E-state index contributed by atoms with van der Waals surface area (Å²) in [5, 5.41) is 0.400. The van der Waals surface area contributed by atoms with E-state index in [1.54, 1.807) is 50.3 Å². The topological polar surface area (TPSA) is 79.1 Å². The molecule has 0 unspecified atom stereocenters. The first-order valence-corrected chi connectivity index (χ1v) is 15.5. The van der Waals surface area contributed by atoms with Crippen molar-refractivity contribution in [2.24, 2.45) is 4.99 Å². The molecule has 0 spiro atoms. The zero-order chi connectivity index (χ0) is 31.5. The van der Waals surface area contributed by atoms with E-state index in [-0.39, 0.29) is 46.2 Å². The number of halogens is 3. The van der Waals surface area contributed by atoms with Crippen LogP contribution in [0.25, 0.3) is 6.08 Å². The molecular formula is C33H29Cl2FN2O5S. The summed E-state index contributed by atoms with van der Waals surface area (Å²) in [6.45, 7) is 7.36. The highest BCUT2D eigenvalue weighted by molar-refractivity contribution is 7.07. The van der Waals surface area contributed by atoms with Crippen LogP contribution in [0.2, 0.25) is 10.0 Å². The van der Waals surface area contributed by atoms with Crippen LogP contribution in [0.15, 0.2) is 81.7 Å². The summed E-state index contributed by atoms with van der Waals surface area (Å²) in [4.78, 5) is 32.3. The van der Waals surface area contributed by atoms with Crippen LogP contribution < -0.4 is 24.4 Å². The van der Waals surface area contributed by atoms with Crippen molar-refractivity contribution in [2.45, 2.75) is 46.4 Å². The molecule has 1 aromatic heterocycles. The minimum Gasteiger partial charge on any atom is -0.491 e. The van der Waals surface area contributed by atoms with E-state index in [0.29, 0.717) is 37.5 Å². The molecule has 5 rings (SSSR count). The number of carbonyl (C=O) groups excluding carboxylic acids is 1. The van der Waals surface area contributed by atoms with Crippen molar-refractivity contribution in [2.75, 3.05) is 6.61 Å². The monoisotopic (exact) mass is 654 g/mol. The van der Waals surface area contributed by atoms with Crippen LogP contribution in [0.1, 0.15) is 50.4 Å². The third-order valence-corrected chi connectivity index (χ3v) is 8.29. The van der Waals surface area contributed by atoms with E-state index in [9.17, 15) is 14.0 Å². The van der Waals surface area contributed by atoms with Gasteiger partial charge in [0.1, 0.15) is 24.2 Å². The number of nitrogens with zero attached hydrogens (tertiary/aromatic N) is 2. The van der Waals surface area contributed by atoms with Crippen LogP contribution in [-0.2, 0) is 16.1 Å². The molecule has 44 heavy (non-hydrogen) atoms. The van der Waals surface area contributed by atoms with Crippen molar-refractivity contribution in [3.63, 3.8) is 0 Å². The number of carbonyl (C=O) groups is 1. The third kappa shape index (κ3) is 6.45. The predicted molar refractivity (Wildman–Crippen MR) is 170 cm³/mol. The second-order valence-electron chi connectivity index (χ2n) is 10.2. The minimum atomic E-state index is -0.830. The number of ether oxygens (including phenoxy) is 3. The lowest BCUT2D eigenvalue weighted by Crippen LogP contribution is -2.40. The van der Waals surface area contributed by atoms with E-state index in [1.165, 1.54) is 22.0 Å². The van der Waals surface area contributed by atoms with Crippen molar-refractivity contribution in [1.29, 1.82) is 0 Å². The van der Waals surface area contributed by atoms with Gasteiger partial charge in [-0.15, -0.1) is 0 Å². The summed E-state index contributed by atoms with van der Waals surface area (Å²) in [5.41, 5.74) is 1.88. The zero-order valence-corrected chi connectivity index (χ0v) is 26.7. The smallest absolute Gasteiger partial charge is 0.338 e. The van der Waals surface area contributed by atoms with E-state index in [1.807, 2.05) is 38.1 Å². The van der Waals surface area contributed by atoms with Crippen molar-refractivity contribution < 1.29 is 23.4 Å². The second kappa shape index (κ2) is 13.4. The van der Waals surface area contributed by atoms with E-state index >= 15 is 0 Å². The molecule has 0 radical (unpaired) electrons. The fourth-order valence-corrected chi connectivity index (χ4v) is 6.53. The van der Waals surface area contributed by atoms with Crippen molar-refractivity contribution >= 4 is 46.6 Å². The van der Waals surface area contributed by atoms with Crippen LogP contribution in [0, 0.1) is 5.82 Å². The van der Waals surface area contributed by atoms with E-state index < -0.39 is 17.8 Å². The van der Waals surface area contributed by atoms with Crippen LogP contribution in [0.4, 0.5) is 4.39 Å². The number of benzene rings is 3. The Balaban J connectivity index is 1.59. The quantitative estimate of drug-likeness (QED) is 0.190. The maximum absolute atomic E-state index is 14.1. The molecule has 11 heteroatoms. The molecule has 0 saturated heterocycles. The number of thiazole rings is 1. The average molecular weight is 656 g/mol. The number of allylic oxidation sites excluding steroid dienone is 1. The Hall–Kier alpha value is -3.92. The molecule has 3 aromatic carbocycles. The van der Waals surface area contributed by atoms with Gasteiger partial charge >= 0.3 is 5.97 Å². The number of hydrogen-bond acceptors (Lipinski definition) is 7. The maximum Gasteiger partial charge on any atom is 0.338 e. The molecule has 0 fully saturated rings. The molecule has 0 N–H and O–H groups in total. The van der Waals surface area contributed by atoms with Gasteiger partial charge in [-0.05, 0) is 63.6 Å². The fourth-order valence-electron chi connectivity index (χ4n) is 4.87. The van der Waals surface area contributed by atoms with Gasteiger partial charge in [-0.25, -0.2) is 14.2 Å². The summed E-state index contributed by atoms with van der Waals surface area (Å²) in [6, 6.07) is 16.0. The fraction of sp³-hybridized carbons (Fsp3) is 0.242. The molecule has 4 aromatic rings. The second-order valence-corrected chi connectivity index (χ2v) is 12.0. The Morgan fingerprint density at radius 3 is 2.48 bits per heavy atom. The first-order valence-electron chi connectivity index (χ1n) is 13.9. The van der Waals surface area contributed by atoms with E-state index in [0.717, 1.165) is 0 Å². The molecule has 0 saturated carbocycles. The third-order valence-electron chi connectivity index (χ3n) is 6.74. The largest absolute Gasteiger partial charge is 0.491 e. The van der Waals surface area contributed by atoms with E-state index in [4.69, 9.17) is 37.4 Å². The molecular weight excluding hydrogens is 626 g/mol. The normalized spacial score (nSPS) is 14.8. The predicted octanol–water partition coefficient (Wildman–Crippen LogP) is 6.61. The standard InChI is InChI=1S/C33H29Cl2FN2O5S/c1-5-41-32(40)28-19(4)37-33-38(29(28)22-11-7-9-13-26(22)43-18(2)3)31(39)27(44-33)16-20-14-23(34)30(24(35)15-20)42-17-21-10-6-8-12-25(21)36/h6-16,18,29H,5,17H2,1-4H3/b27-16+/t29-/m0/s1. The molecule has 1 aliphatic rings. The summed E-state index contributed by atoms with van der Waals surface area (Å²) in [7, 11) is 0. The maximum atomic E-state index is 14.1. The zero-order valence-electron chi connectivity index (χ0n) is 24.4. The lowest BCUT2D eigenvalue weighted by atomic mass is 9.95. The molecule has 0 aliphatic carbocycles. The van der Waals surface area contributed by atoms with Crippen molar-refractivity contribution in [3.05, 3.63) is 124 Å². The molecule has 7 nitrogen and oxygen atoms in total. The van der Waals surface area contributed by atoms with Crippen LogP contribution in [0.5, 0.6) is 11.5 Å². The number of rotatable bonds is 9. The van der Waals surface area contributed by atoms with Gasteiger partial charge in [0.15, 0.2) is 10.6 Å². The number of aromatic nitrogens is 1. The van der Waals surface area contributed by atoms with Crippen LogP contribution in [-0.4, -0.2) is 23.2 Å². The molecule has 1 atom stereocenters. The Bertz CT molecular complexity index is 1930. The van der Waals surface area contributed by atoms with Crippen molar-refractivity contribution in [1.82, 2.24) is 4.57 Å².